The molecule has 0 amide bonds. The van der Waals surface area contributed by atoms with Crippen molar-refractivity contribution in [2.45, 2.75) is 44.9 Å². The number of hydrogen-bond donors (Lipinski definition) is 1. The zero-order valence-corrected chi connectivity index (χ0v) is 11.6. The van der Waals surface area contributed by atoms with E-state index in [-0.39, 0.29) is 13.2 Å². The summed E-state index contributed by atoms with van der Waals surface area (Å²) in [5.74, 6) is -1.64. The van der Waals surface area contributed by atoms with Gasteiger partial charge in [-0.15, -0.1) is 11.6 Å². The summed E-state index contributed by atoms with van der Waals surface area (Å²) < 4.78 is 9.61. The molecule has 0 aliphatic heterocycles. The van der Waals surface area contributed by atoms with Crippen LogP contribution in [0.2, 0.25) is 0 Å². The van der Waals surface area contributed by atoms with E-state index in [9.17, 15) is 9.59 Å². The fourth-order valence-corrected chi connectivity index (χ4v) is 1.15. The molecule has 0 bridgehead atoms. The molecule has 5 nitrogen and oxygen atoms in total. The SMILES string of the molecule is CCCCOC(=O)C(=N)C(Cl)C(=O)OCCCC. The van der Waals surface area contributed by atoms with E-state index in [2.05, 4.69) is 0 Å². The topological polar surface area (TPSA) is 76.5 Å². The molecular formula is C12H20ClNO4. The van der Waals surface area contributed by atoms with E-state index in [1.807, 2.05) is 13.8 Å². The number of rotatable bonds is 9. The number of ether oxygens (including phenoxy) is 2. The minimum atomic E-state index is -1.39. The fourth-order valence-electron chi connectivity index (χ4n) is 0.999. The van der Waals surface area contributed by atoms with Gasteiger partial charge in [0, 0.05) is 0 Å². The number of nitrogens with one attached hydrogen (secondary N) is 1. The van der Waals surface area contributed by atoms with Crippen LogP contribution in [0.3, 0.4) is 0 Å². The van der Waals surface area contributed by atoms with Crippen LogP contribution in [0.5, 0.6) is 0 Å². The van der Waals surface area contributed by atoms with Crippen molar-refractivity contribution >= 4 is 29.3 Å². The Labute approximate surface area is 112 Å². The third-order valence-electron chi connectivity index (χ3n) is 2.15. The molecule has 18 heavy (non-hydrogen) atoms. The summed E-state index contributed by atoms with van der Waals surface area (Å²) in [6.07, 6.45) is 3.21. The van der Waals surface area contributed by atoms with Gasteiger partial charge in [0.1, 0.15) is 5.71 Å². The molecule has 1 unspecified atom stereocenters. The summed E-state index contributed by atoms with van der Waals surface area (Å²) in [4.78, 5) is 22.7. The van der Waals surface area contributed by atoms with Crippen LogP contribution < -0.4 is 0 Å². The van der Waals surface area contributed by atoms with E-state index >= 15 is 0 Å². The first-order valence-corrected chi connectivity index (χ1v) is 6.54. The van der Waals surface area contributed by atoms with Gasteiger partial charge >= 0.3 is 11.9 Å². The smallest absolute Gasteiger partial charge is 0.354 e. The van der Waals surface area contributed by atoms with Gasteiger partial charge in [0.25, 0.3) is 0 Å². The fraction of sp³-hybridized carbons (Fsp3) is 0.750. The molecule has 6 heteroatoms. The van der Waals surface area contributed by atoms with Gasteiger partial charge in [-0.3, -0.25) is 10.2 Å². The number of unbranched alkanes of at least 4 members (excludes halogenated alkanes) is 2. The van der Waals surface area contributed by atoms with Crippen molar-refractivity contribution in [3.8, 4) is 0 Å². The average molecular weight is 278 g/mol. The minimum Gasteiger partial charge on any atom is -0.464 e. The van der Waals surface area contributed by atoms with Gasteiger partial charge in [-0.2, -0.15) is 0 Å². The summed E-state index contributed by atoms with van der Waals surface area (Å²) >= 11 is 5.67. The largest absolute Gasteiger partial charge is 0.464 e. The predicted molar refractivity (Wildman–Crippen MR) is 69.1 cm³/mol. The minimum absolute atomic E-state index is 0.228. The van der Waals surface area contributed by atoms with Crippen molar-refractivity contribution in [1.29, 1.82) is 5.41 Å². The predicted octanol–water partition coefficient (Wildman–Crippen LogP) is 2.30. The number of esters is 2. The molecule has 104 valence electrons. The van der Waals surface area contributed by atoms with Crippen LogP contribution in [-0.2, 0) is 19.1 Å². The number of carbonyl (C=O) groups is 2. The Morgan fingerprint density at radius 1 is 1.11 bits per heavy atom. The van der Waals surface area contributed by atoms with Crippen LogP contribution in [0, 0.1) is 5.41 Å². The lowest BCUT2D eigenvalue weighted by atomic mass is 10.2. The van der Waals surface area contributed by atoms with E-state index in [4.69, 9.17) is 26.5 Å². The highest BCUT2D eigenvalue weighted by molar-refractivity contribution is 6.54. The molecule has 0 fully saturated rings. The number of alkyl halides is 1. The van der Waals surface area contributed by atoms with Crippen LogP contribution in [0.1, 0.15) is 39.5 Å². The summed E-state index contributed by atoms with van der Waals surface area (Å²) in [6.45, 7) is 4.39. The van der Waals surface area contributed by atoms with Gasteiger partial charge < -0.3 is 9.47 Å². The second-order valence-corrected chi connectivity index (χ2v) is 4.22. The average Bonchev–Trinajstić information content (AvgIpc) is 2.37. The maximum atomic E-state index is 11.4. The summed E-state index contributed by atoms with van der Waals surface area (Å²) in [7, 11) is 0. The van der Waals surface area contributed by atoms with Crippen LogP contribution >= 0.6 is 11.6 Å². The molecule has 0 aliphatic carbocycles. The van der Waals surface area contributed by atoms with Crippen LogP contribution in [0.4, 0.5) is 0 Å². The van der Waals surface area contributed by atoms with Gasteiger partial charge in [-0.1, -0.05) is 26.7 Å². The molecule has 0 heterocycles. The van der Waals surface area contributed by atoms with Gasteiger partial charge in [-0.25, -0.2) is 4.79 Å². The van der Waals surface area contributed by atoms with Crippen molar-refractivity contribution in [2.24, 2.45) is 0 Å². The van der Waals surface area contributed by atoms with Crippen molar-refractivity contribution in [3.05, 3.63) is 0 Å². The molecule has 0 aromatic heterocycles. The molecule has 0 aromatic carbocycles. The highest BCUT2D eigenvalue weighted by Crippen LogP contribution is 2.04. The van der Waals surface area contributed by atoms with Crippen LogP contribution in [0.15, 0.2) is 0 Å². The van der Waals surface area contributed by atoms with Crippen molar-refractivity contribution < 1.29 is 19.1 Å². The molecule has 0 saturated carbocycles. The van der Waals surface area contributed by atoms with Gasteiger partial charge in [-0.05, 0) is 12.8 Å². The van der Waals surface area contributed by atoms with Crippen LogP contribution in [0.25, 0.3) is 0 Å². The quantitative estimate of drug-likeness (QED) is 0.304. The number of carbonyl (C=O) groups excluding carboxylic acids is 2. The van der Waals surface area contributed by atoms with Crippen LogP contribution in [-0.4, -0.2) is 36.2 Å². The normalized spacial score (nSPS) is 11.7. The summed E-state index contributed by atoms with van der Waals surface area (Å²) in [6, 6.07) is 0. The Kier molecular flexibility index (Phi) is 9.28. The number of hydrogen-bond acceptors (Lipinski definition) is 5. The molecule has 0 radical (unpaired) electrons. The Balaban J connectivity index is 4.06. The Morgan fingerprint density at radius 3 is 2.11 bits per heavy atom. The third kappa shape index (κ3) is 6.59. The molecule has 0 aliphatic rings. The molecule has 0 saturated heterocycles. The second-order valence-electron chi connectivity index (χ2n) is 3.79. The molecule has 0 aromatic rings. The monoisotopic (exact) mass is 277 g/mol. The van der Waals surface area contributed by atoms with E-state index < -0.39 is 23.0 Å². The van der Waals surface area contributed by atoms with Crippen molar-refractivity contribution in [2.75, 3.05) is 13.2 Å². The van der Waals surface area contributed by atoms with E-state index in [1.165, 1.54) is 0 Å². The summed E-state index contributed by atoms with van der Waals surface area (Å²) in [5.41, 5.74) is -0.575. The highest BCUT2D eigenvalue weighted by Gasteiger charge is 2.28. The highest BCUT2D eigenvalue weighted by atomic mass is 35.5. The van der Waals surface area contributed by atoms with E-state index in [0.29, 0.717) is 6.42 Å². The molecular weight excluding hydrogens is 258 g/mol. The van der Waals surface area contributed by atoms with Gasteiger partial charge in [0.2, 0.25) is 0 Å². The summed E-state index contributed by atoms with van der Waals surface area (Å²) in [5, 5.41) is 6.05. The maximum Gasteiger partial charge on any atom is 0.354 e. The lowest BCUT2D eigenvalue weighted by Crippen LogP contribution is -2.33. The molecule has 0 rings (SSSR count). The third-order valence-corrected chi connectivity index (χ3v) is 2.55. The lowest BCUT2D eigenvalue weighted by molar-refractivity contribution is -0.143. The standard InChI is InChI=1S/C12H20ClNO4/c1-3-5-7-17-11(15)9(13)10(14)12(16)18-8-6-4-2/h9,14H,3-8H2,1-2H3. The number of halogens is 1. The first-order chi connectivity index (χ1) is 8.54. The second kappa shape index (κ2) is 9.88. The lowest BCUT2D eigenvalue weighted by Gasteiger charge is -2.10. The molecule has 0 spiro atoms. The van der Waals surface area contributed by atoms with Crippen molar-refractivity contribution in [3.63, 3.8) is 0 Å². The van der Waals surface area contributed by atoms with E-state index in [0.717, 1.165) is 19.3 Å². The zero-order chi connectivity index (χ0) is 14.0. The first-order valence-electron chi connectivity index (χ1n) is 6.10. The maximum absolute atomic E-state index is 11.4. The Hall–Kier alpha value is -1.10. The molecule has 1 atom stereocenters. The van der Waals surface area contributed by atoms with Gasteiger partial charge in [0.05, 0.1) is 13.2 Å². The van der Waals surface area contributed by atoms with Gasteiger partial charge in [0.15, 0.2) is 5.38 Å². The Morgan fingerprint density at radius 2 is 1.61 bits per heavy atom. The van der Waals surface area contributed by atoms with E-state index in [1.54, 1.807) is 0 Å². The molecule has 1 N–H and O–H groups in total. The first kappa shape index (κ1) is 16.9. The Bertz CT molecular complexity index is 294. The zero-order valence-electron chi connectivity index (χ0n) is 10.8. The van der Waals surface area contributed by atoms with Crippen molar-refractivity contribution in [1.82, 2.24) is 0 Å².